The maximum atomic E-state index is 11.9. The summed E-state index contributed by atoms with van der Waals surface area (Å²) in [5, 5.41) is 7.83. The summed E-state index contributed by atoms with van der Waals surface area (Å²) in [6.45, 7) is 0.432. The van der Waals surface area contributed by atoms with Gasteiger partial charge in [-0.15, -0.1) is 0 Å². The smallest absolute Gasteiger partial charge is 0.331 e. The van der Waals surface area contributed by atoms with Gasteiger partial charge in [-0.05, 0) is 42.0 Å². The highest BCUT2D eigenvalue weighted by atomic mass is 35.5. The zero-order valence-electron chi connectivity index (χ0n) is 16.2. The number of halogens is 1. The van der Waals surface area contributed by atoms with E-state index in [9.17, 15) is 18.0 Å². The van der Waals surface area contributed by atoms with Crippen molar-refractivity contribution in [1.29, 1.82) is 0 Å². The van der Waals surface area contributed by atoms with E-state index in [-0.39, 0.29) is 10.6 Å². The second-order valence-corrected chi connectivity index (χ2v) is 8.41. The van der Waals surface area contributed by atoms with Crippen LogP contribution in [0.3, 0.4) is 0 Å². The number of fused-ring (bicyclic) bond motifs is 1. The molecule has 2 aromatic rings. The lowest BCUT2D eigenvalue weighted by Gasteiger charge is -2.10. The molecule has 0 spiro atoms. The fourth-order valence-electron chi connectivity index (χ4n) is 2.64. The Morgan fingerprint density at radius 1 is 1.19 bits per heavy atom. The van der Waals surface area contributed by atoms with E-state index in [4.69, 9.17) is 31.0 Å². The molecule has 31 heavy (non-hydrogen) atoms. The van der Waals surface area contributed by atoms with Gasteiger partial charge in [-0.2, -0.15) is 0 Å². The van der Waals surface area contributed by atoms with Gasteiger partial charge in [0.2, 0.25) is 10.0 Å². The minimum atomic E-state index is -3.90. The standard InChI is InChI=1S/C20H19ClN2O7S/c21-16-9-13(10-17-20(16)29-8-2-7-28-17)5-6-19(25)30-12-18(24)23-14-3-1-4-15(11-14)31(22,26)27/h1,3-6,9-11H,2,7-8,12H2,(H,23,24)(H2,22,26,27)/b6-5+. The number of ether oxygens (including phenoxy) is 3. The molecule has 0 aromatic heterocycles. The highest BCUT2D eigenvalue weighted by Crippen LogP contribution is 2.38. The van der Waals surface area contributed by atoms with Crippen LogP contribution in [0, 0.1) is 0 Å². The molecule has 2 aromatic carbocycles. The van der Waals surface area contributed by atoms with E-state index in [1.165, 1.54) is 30.3 Å². The van der Waals surface area contributed by atoms with Crippen LogP contribution in [-0.2, 0) is 24.3 Å². The normalized spacial score (nSPS) is 13.5. The summed E-state index contributed by atoms with van der Waals surface area (Å²) in [4.78, 5) is 23.7. The molecule has 0 saturated heterocycles. The minimum absolute atomic E-state index is 0.154. The first-order valence-corrected chi connectivity index (χ1v) is 11.0. The molecule has 1 heterocycles. The Morgan fingerprint density at radius 3 is 2.74 bits per heavy atom. The maximum Gasteiger partial charge on any atom is 0.331 e. The summed E-state index contributed by atoms with van der Waals surface area (Å²) in [5.41, 5.74) is 0.792. The van der Waals surface area contributed by atoms with Gasteiger partial charge in [-0.3, -0.25) is 4.79 Å². The van der Waals surface area contributed by atoms with Gasteiger partial charge in [0.25, 0.3) is 5.91 Å². The molecule has 0 bridgehead atoms. The quantitative estimate of drug-likeness (QED) is 0.492. The second kappa shape index (κ2) is 9.82. The van der Waals surface area contributed by atoms with E-state index in [1.54, 1.807) is 12.1 Å². The number of nitrogens with one attached hydrogen (secondary N) is 1. The SMILES string of the molecule is NS(=O)(=O)c1cccc(NC(=O)COC(=O)/C=C/c2cc(Cl)c3c(c2)OCCCO3)c1. The Bertz CT molecular complexity index is 1130. The Balaban J connectivity index is 1.55. The summed E-state index contributed by atoms with van der Waals surface area (Å²) < 4.78 is 38.7. The number of primary sulfonamides is 1. The molecule has 164 valence electrons. The van der Waals surface area contributed by atoms with Crippen LogP contribution in [0.15, 0.2) is 47.4 Å². The van der Waals surface area contributed by atoms with E-state index in [0.29, 0.717) is 35.3 Å². The lowest BCUT2D eigenvalue weighted by Crippen LogP contribution is -2.20. The van der Waals surface area contributed by atoms with Crippen molar-refractivity contribution in [1.82, 2.24) is 0 Å². The zero-order chi connectivity index (χ0) is 22.4. The molecular formula is C20H19ClN2O7S. The Morgan fingerprint density at radius 2 is 1.97 bits per heavy atom. The van der Waals surface area contributed by atoms with E-state index in [0.717, 1.165) is 12.5 Å². The van der Waals surface area contributed by atoms with Gasteiger partial charge in [-0.1, -0.05) is 17.7 Å². The van der Waals surface area contributed by atoms with Crippen molar-refractivity contribution in [3.05, 3.63) is 53.1 Å². The first-order valence-electron chi connectivity index (χ1n) is 9.09. The van der Waals surface area contributed by atoms with Gasteiger partial charge < -0.3 is 19.5 Å². The van der Waals surface area contributed by atoms with Crippen LogP contribution < -0.4 is 19.9 Å². The van der Waals surface area contributed by atoms with Gasteiger partial charge in [0, 0.05) is 18.2 Å². The average molecular weight is 467 g/mol. The molecule has 0 fully saturated rings. The van der Waals surface area contributed by atoms with Crippen molar-refractivity contribution in [2.45, 2.75) is 11.3 Å². The van der Waals surface area contributed by atoms with Crippen LogP contribution in [0.5, 0.6) is 11.5 Å². The number of benzene rings is 2. The molecule has 9 nitrogen and oxygen atoms in total. The fraction of sp³-hybridized carbons (Fsp3) is 0.200. The molecule has 0 radical (unpaired) electrons. The van der Waals surface area contributed by atoms with Crippen molar-refractivity contribution < 1.29 is 32.2 Å². The molecule has 0 saturated carbocycles. The van der Waals surface area contributed by atoms with Crippen LogP contribution in [0.2, 0.25) is 5.02 Å². The van der Waals surface area contributed by atoms with Crippen molar-refractivity contribution in [3.63, 3.8) is 0 Å². The van der Waals surface area contributed by atoms with E-state index in [1.807, 2.05) is 0 Å². The molecule has 0 unspecified atom stereocenters. The Kier molecular flexibility index (Phi) is 7.16. The van der Waals surface area contributed by atoms with Crippen LogP contribution in [0.1, 0.15) is 12.0 Å². The summed E-state index contributed by atoms with van der Waals surface area (Å²) in [6.07, 6.45) is 3.34. The number of hydrogen-bond acceptors (Lipinski definition) is 7. The fourth-order valence-corrected chi connectivity index (χ4v) is 3.48. The van der Waals surface area contributed by atoms with Crippen LogP contribution in [-0.4, -0.2) is 40.1 Å². The lowest BCUT2D eigenvalue weighted by molar-refractivity contribution is -0.142. The number of carbonyl (C=O) groups excluding carboxylic acids is 2. The van der Waals surface area contributed by atoms with Gasteiger partial charge in [0.1, 0.15) is 0 Å². The van der Waals surface area contributed by atoms with Gasteiger partial charge >= 0.3 is 5.97 Å². The highest BCUT2D eigenvalue weighted by Gasteiger charge is 2.15. The Hall–Kier alpha value is -3.08. The number of sulfonamides is 1. The topological polar surface area (TPSA) is 134 Å². The van der Waals surface area contributed by atoms with Crippen LogP contribution >= 0.6 is 11.6 Å². The molecular weight excluding hydrogens is 448 g/mol. The number of nitrogens with two attached hydrogens (primary N) is 1. The third-order valence-corrected chi connectivity index (χ3v) is 5.22. The molecule has 0 aliphatic carbocycles. The largest absolute Gasteiger partial charge is 0.489 e. The number of carbonyl (C=O) groups is 2. The zero-order valence-corrected chi connectivity index (χ0v) is 17.7. The van der Waals surface area contributed by atoms with Crippen molar-refractivity contribution >= 4 is 45.3 Å². The van der Waals surface area contributed by atoms with Gasteiger partial charge in [0.05, 0.1) is 23.1 Å². The number of amides is 1. The third kappa shape index (κ3) is 6.45. The molecule has 1 aliphatic rings. The summed E-state index contributed by atoms with van der Waals surface area (Å²) in [6, 6.07) is 8.68. The molecule has 0 atom stereocenters. The second-order valence-electron chi connectivity index (χ2n) is 6.44. The predicted molar refractivity (Wildman–Crippen MR) is 113 cm³/mol. The van der Waals surface area contributed by atoms with Crippen LogP contribution in [0.25, 0.3) is 6.08 Å². The van der Waals surface area contributed by atoms with E-state index < -0.39 is 28.5 Å². The molecule has 1 amide bonds. The Labute approximate surface area is 183 Å². The summed E-state index contributed by atoms with van der Waals surface area (Å²) >= 11 is 6.20. The molecule has 3 rings (SSSR count). The third-order valence-electron chi connectivity index (χ3n) is 4.03. The number of esters is 1. The van der Waals surface area contributed by atoms with E-state index >= 15 is 0 Å². The highest BCUT2D eigenvalue weighted by molar-refractivity contribution is 7.89. The first-order chi connectivity index (χ1) is 14.7. The minimum Gasteiger partial charge on any atom is -0.489 e. The predicted octanol–water partition coefficient (Wildman–Crippen LogP) is 2.34. The van der Waals surface area contributed by atoms with Crippen molar-refractivity contribution in [2.75, 3.05) is 25.1 Å². The number of rotatable bonds is 6. The van der Waals surface area contributed by atoms with Crippen LogP contribution in [0.4, 0.5) is 5.69 Å². The lowest BCUT2D eigenvalue weighted by atomic mass is 10.2. The summed E-state index contributed by atoms with van der Waals surface area (Å²) in [5.74, 6) is -0.454. The number of anilines is 1. The maximum absolute atomic E-state index is 11.9. The van der Waals surface area contributed by atoms with Gasteiger partial charge in [-0.25, -0.2) is 18.4 Å². The molecule has 1 aliphatic heterocycles. The first kappa shape index (κ1) is 22.6. The number of hydrogen-bond donors (Lipinski definition) is 2. The molecule has 3 N–H and O–H groups in total. The van der Waals surface area contributed by atoms with E-state index in [2.05, 4.69) is 5.32 Å². The van der Waals surface area contributed by atoms with Gasteiger partial charge in [0.15, 0.2) is 18.1 Å². The average Bonchev–Trinajstić information content (AvgIpc) is 2.96. The van der Waals surface area contributed by atoms with Crippen molar-refractivity contribution in [3.8, 4) is 11.5 Å². The monoisotopic (exact) mass is 466 g/mol. The van der Waals surface area contributed by atoms with Crippen molar-refractivity contribution in [2.24, 2.45) is 5.14 Å². The summed E-state index contributed by atoms with van der Waals surface area (Å²) in [7, 11) is -3.90. The molecule has 11 heteroatoms.